The van der Waals surface area contributed by atoms with Gasteiger partial charge >= 0.3 is 0 Å². The van der Waals surface area contributed by atoms with Crippen LogP contribution in [0.2, 0.25) is 5.02 Å². The van der Waals surface area contributed by atoms with Crippen molar-refractivity contribution in [2.45, 2.75) is 13.0 Å². The molecule has 0 fully saturated rings. The van der Waals surface area contributed by atoms with Gasteiger partial charge < -0.3 is 14.4 Å². The highest BCUT2D eigenvalue weighted by Crippen LogP contribution is 2.36. The van der Waals surface area contributed by atoms with Crippen LogP contribution in [0.15, 0.2) is 42.5 Å². The average molecular weight is 334 g/mol. The zero-order valence-electron chi connectivity index (χ0n) is 13.7. The lowest BCUT2D eigenvalue weighted by molar-refractivity contribution is 0.0742. The van der Waals surface area contributed by atoms with E-state index in [2.05, 4.69) is 0 Å². The van der Waals surface area contributed by atoms with Crippen LogP contribution >= 0.6 is 11.6 Å². The Labute approximate surface area is 141 Å². The van der Waals surface area contributed by atoms with Gasteiger partial charge in [0, 0.05) is 12.6 Å². The zero-order valence-corrected chi connectivity index (χ0v) is 14.4. The van der Waals surface area contributed by atoms with E-state index in [0.717, 1.165) is 5.56 Å². The van der Waals surface area contributed by atoms with Gasteiger partial charge in [-0.3, -0.25) is 4.79 Å². The first-order valence-electron chi connectivity index (χ1n) is 7.23. The molecule has 0 N–H and O–H groups in total. The van der Waals surface area contributed by atoms with E-state index in [-0.39, 0.29) is 11.9 Å². The SMILES string of the molecule is COc1cc(C(=O)N(C)[C@@H](C)c2ccccc2)cc(Cl)c1OC. The second kappa shape index (κ2) is 7.38. The summed E-state index contributed by atoms with van der Waals surface area (Å²) in [6, 6.07) is 13.0. The monoisotopic (exact) mass is 333 g/mol. The van der Waals surface area contributed by atoms with E-state index in [1.165, 1.54) is 14.2 Å². The number of carbonyl (C=O) groups is 1. The number of methoxy groups -OCH3 is 2. The van der Waals surface area contributed by atoms with Crippen molar-refractivity contribution in [2.75, 3.05) is 21.3 Å². The number of rotatable bonds is 5. The van der Waals surface area contributed by atoms with Crippen molar-refractivity contribution in [3.05, 3.63) is 58.6 Å². The summed E-state index contributed by atoms with van der Waals surface area (Å²) >= 11 is 6.18. The predicted octanol–water partition coefficient (Wildman–Crippen LogP) is 4.19. The molecule has 0 saturated carbocycles. The Hall–Kier alpha value is -2.20. The van der Waals surface area contributed by atoms with Crippen LogP contribution in [0.1, 0.15) is 28.9 Å². The first-order valence-corrected chi connectivity index (χ1v) is 7.61. The first kappa shape index (κ1) is 17.2. The number of carbonyl (C=O) groups excluding carboxylic acids is 1. The molecule has 2 aromatic rings. The van der Waals surface area contributed by atoms with Gasteiger partial charge in [-0.15, -0.1) is 0 Å². The molecular weight excluding hydrogens is 314 g/mol. The van der Waals surface area contributed by atoms with Crippen molar-refractivity contribution in [1.82, 2.24) is 4.90 Å². The predicted molar refractivity (Wildman–Crippen MR) is 91.5 cm³/mol. The maximum absolute atomic E-state index is 12.8. The molecule has 1 atom stereocenters. The summed E-state index contributed by atoms with van der Waals surface area (Å²) in [5.41, 5.74) is 1.52. The molecule has 0 bridgehead atoms. The molecule has 0 unspecified atom stereocenters. The first-order chi connectivity index (χ1) is 11.0. The third-order valence-corrected chi connectivity index (χ3v) is 4.14. The fraction of sp³-hybridized carbons (Fsp3) is 0.278. The standard InChI is InChI=1S/C18H20ClNO3/c1-12(13-8-6-5-7-9-13)20(2)18(21)14-10-15(19)17(23-4)16(11-14)22-3/h5-12H,1-4H3/t12-/m0/s1. The van der Waals surface area contributed by atoms with Crippen molar-refractivity contribution >= 4 is 17.5 Å². The van der Waals surface area contributed by atoms with Crippen LogP contribution in [0, 0.1) is 0 Å². The van der Waals surface area contributed by atoms with Gasteiger partial charge in [0.2, 0.25) is 0 Å². The molecule has 0 spiro atoms. The molecule has 0 aliphatic heterocycles. The molecule has 0 aromatic heterocycles. The Morgan fingerprint density at radius 2 is 1.78 bits per heavy atom. The van der Waals surface area contributed by atoms with E-state index in [4.69, 9.17) is 21.1 Å². The van der Waals surface area contributed by atoms with E-state index in [1.807, 2.05) is 37.3 Å². The number of halogens is 1. The van der Waals surface area contributed by atoms with E-state index in [9.17, 15) is 4.79 Å². The van der Waals surface area contributed by atoms with Crippen LogP contribution in [-0.4, -0.2) is 32.1 Å². The molecule has 0 radical (unpaired) electrons. The number of hydrogen-bond acceptors (Lipinski definition) is 3. The summed E-state index contributed by atoms with van der Waals surface area (Å²) in [5, 5.41) is 0.343. The summed E-state index contributed by atoms with van der Waals surface area (Å²) in [6.45, 7) is 1.98. The summed E-state index contributed by atoms with van der Waals surface area (Å²) in [6.07, 6.45) is 0. The fourth-order valence-corrected chi connectivity index (χ4v) is 2.66. The third-order valence-electron chi connectivity index (χ3n) is 3.86. The minimum Gasteiger partial charge on any atom is -0.493 e. The highest BCUT2D eigenvalue weighted by molar-refractivity contribution is 6.32. The van der Waals surface area contributed by atoms with Crippen molar-refractivity contribution in [3.8, 4) is 11.5 Å². The largest absolute Gasteiger partial charge is 0.493 e. The van der Waals surface area contributed by atoms with E-state index in [1.54, 1.807) is 24.1 Å². The summed E-state index contributed by atoms with van der Waals surface area (Å²) in [4.78, 5) is 14.4. The lowest BCUT2D eigenvalue weighted by atomic mass is 10.1. The minimum absolute atomic E-state index is 0.0597. The van der Waals surface area contributed by atoms with Crippen LogP contribution in [0.4, 0.5) is 0 Å². The van der Waals surface area contributed by atoms with Gasteiger partial charge in [0.15, 0.2) is 11.5 Å². The highest BCUT2D eigenvalue weighted by atomic mass is 35.5. The maximum Gasteiger partial charge on any atom is 0.254 e. The summed E-state index contributed by atoms with van der Waals surface area (Å²) in [5.74, 6) is 0.720. The van der Waals surface area contributed by atoms with Crippen molar-refractivity contribution in [2.24, 2.45) is 0 Å². The average Bonchev–Trinajstić information content (AvgIpc) is 2.59. The molecule has 122 valence electrons. The summed E-state index contributed by atoms with van der Waals surface area (Å²) < 4.78 is 10.4. The van der Waals surface area contributed by atoms with E-state index >= 15 is 0 Å². The lowest BCUT2D eigenvalue weighted by Gasteiger charge is -2.26. The molecule has 2 rings (SSSR count). The molecule has 0 saturated heterocycles. The molecule has 0 aliphatic carbocycles. The van der Waals surface area contributed by atoms with Gasteiger partial charge in [0.05, 0.1) is 25.3 Å². The molecule has 1 amide bonds. The molecule has 5 heteroatoms. The number of ether oxygens (including phenoxy) is 2. The summed E-state index contributed by atoms with van der Waals surface area (Å²) in [7, 11) is 4.79. The van der Waals surface area contributed by atoms with Crippen LogP contribution in [0.25, 0.3) is 0 Å². The van der Waals surface area contributed by atoms with Gasteiger partial charge in [-0.2, -0.15) is 0 Å². The maximum atomic E-state index is 12.8. The van der Waals surface area contributed by atoms with Crippen LogP contribution < -0.4 is 9.47 Å². The second-order valence-corrected chi connectivity index (χ2v) is 5.60. The van der Waals surface area contributed by atoms with Crippen LogP contribution in [-0.2, 0) is 0 Å². The normalized spacial score (nSPS) is 11.7. The second-order valence-electron chi connectivity index (χ2n) is 5.20. The minimum atomic E-state index is -0.135. The van der Waals surface area contributed by atoms with Crippen LogP contribution in [0.3, 0.4) is 0 Å². The molecule has 23 heavy (non-hydrogen) atoms. The van der Waals surface area contributed by atoms with E-state index < -0.39 is 0 Å². The van der Waals surface area contributed by atoms with Gasteiger partial charge in [-0.25, -0.2) is 0 Å². The Balaban J connectivity index is 2.31. The molecule has 4 nitrogen and oxygen atoms in total. The van der Waals surface area contributed by atoms with Gasteiger partial charge in [-0.1, -0.05) is 41.9 Å². The Morgan fingerprint density at radius 3 is 2.35 bits per heavy atom. The molecular formula is C18H20ClNO3. The highest BCUT2D eigenvalue weighted by Gasteiger charge is 2.21. The quantitative estimate of drug-likeness (QED) is 0.823. The Bertz CT molecular complexity index is 688. The third kappa shape index (κ3) is 3.59. The van der Waals surface area contributed by atoms with Gasteiger partial charge in [0.25, 0.3) is 5.91 Å². The number of benzene rings is 2. The number of amides is 1. The Kier molecular flexibility index (Phi) is 5.50. The van der Waals surface area contributed by atoms with Gasteiger partial charge in [0.1, 0.15) is 0 Å². The molecule has 2 aromatic carbocycles. The topological polar surface area (TPSA) is 38.8 Å². The van der Waals surface area contributed by atoms with Crippen LogP contribution in [0.5, 0.6) is 11.5 Å². The number of hydrogen-bond donors (Lipinski definition) is 0. The fourth-order valence-electron chi connectivity index (χ4n) is 2.38. The molecule has 0 heterocycles. The van der Waals surface area contributed by atoms with Crippen molar-refractivity contribution in [1.29, 1.82) is 0 Å². The smallest absolute Gasteiger partial charge is 0.254 e. The van der Waals surface area contributed by atoms with E-state index in [0.29, 0.717) is 22.1 Å². The zero-order chi connectivity index (χ0) is 17.0. The van der Waals surface area contributed by atoms with Crippen molar-refractivity contribution < 1.29 is 14.3 Å². The molecule has 0 aliphatic rings. The number of nitrogens with zero attached hydrogens (tertiary/aromatic N) is 1. The van der Waals surface area contributed by atoms with Crippen molar-refractivity contribution in [3.63, 3.8) is 0 Å². The van der Waals surface area contributed by atoms with Gasteiger partial charge in [-0.05, 0) is 24.6 Å². The lowest BCUT2D eigenvalue weighted by Crippen LogP contribution is -2.29. The Morgan fingerprint density at radius 1 is 1.13 bits per heavy atom.